The highest BCUT2D eigenvalue weighted by Gasteiger charge is 2.32. The van der Waals surface area contributed by atoms with Crippen LogP contribution in [0, 0.1) is 11.3 Å². The molecule has 1 aromatic rings. The molecule has 1 aromatic heterocycles. The zero-order valence-corrected chi connectivity index (χ0v) is 13.6. The number of nitrogens with zero attached hydrogens (tertiary/aromatic N) is 2. The van der Waals surface area contributed by atoms with E-state index in [4.69, 9.17) is 0 Å². The van der Waals surface area contributed by atoms with Crippen LogP contribution < -0.4 is 10.2 Å². The van der Waals surface area contributed by atoms with E-state index < -0.39 is 0 Å². The van der Waals surface area contributed by atoms with Gasteiger partial charge in [-0.3, -0.25) is 0 Å². The molecule has 1 N–H and O–H groups in total. The van der Waals surface area contributed by atoms with Gasteiger partial charge in [0, 0.05) is 31.9 Å². The number of pyridine rings is 1. The maximum absolute atomic E-state index is 4.64. The molecular weight excluding hydrogens is 246 g/mol. The molecule has 2 rings (SSSR count). The van der Waals surface area contributed by atoms with Gasteiger partial charge in [0.2, 0.25) is 0 Å². The summed E-state index contributed by atoms with van der Waals surface area (Å²) in [6, 6.07) is 4.88. The van der Waals surface area contributed by atoms with Crippen LogP contribution in [0.25, 0.3) is 0 Å². The van der Waals surface area contributed by atoms with Crippen molar-refractivity contribution in [2.24, 2.45) is 11.3 Å². The lowest BCUT2D eigenvalue weighted by atomic mass is 9.80. The molecule has 3 heteroatoms. The Bertz CT molecular complexity index is 417. The summed E-state index contributed by atoms with van der Waals surface area (Å²) in [4.78, 5) is 7.07. The van der Waals surface area contributed by atoms with Crippen LogP contribution in [0.4, 0.5) is 5.82 Å². The number of hydrogen-bond acceptors (Lipinski definition) is 3. The molecular formula is C17H29N3. The summed E-state index contributed by atoms with van der Waals surface area (Å²) in [6.07, 6.45) is 3.29. The largest absolute Gasteiger partial charge is 0.356 e. The van der Waals surface area contributed by atoms with Gasteiger partial charge < -0.3 is 10.2 Å². The lowest BCUT2D eigenvalue weighted by Crippen LogP contribution is -2.26. The van der Waals surface area contributed by atoms with Gasteiger partial charge >= 0.3 is 0 Å². The van der Waals surface area contributed by atoms with Crippen molar-refractivity contribution < 1.29 is 0 Å². The second-order valence-electron chi connectivity index (χ2n) is 7.36. The molecule has 1 aliphatic rings. The Hall–Kier alpha value is -1.09. The van der Waals surface area contributed by atoms with Gasteiger partial charge in [-0.25, -0.2) is 4.98 Å². The summed E-state index contributed by atoms with van der Waals surface area (Å²) >= 11 is 0. The zero-order valence-electron chi connectivity index (χ0n) is 13.6. The first kappa shape index (κ1) is 15.3. The molecule has 0 amide bonds. The van der Waals surface area contributed by atoms with Gasteiger partial charge in [0.15, 0.2) is 0 Å². The Labute approximate surface area is 123 Å². The van der Waals surface area contributed by atoms with E-state index in [1.807, 2.05) is 6.20 Å². The van der Waals surface area contributed by atoms with E-state index >= 15 is 0 Å². The van der Waals surface area contributed by atoms with Gasteiger partial charge in [0.05, 0.1) is 0 Å². The molecule has 3 nitrogen and oxygen atoms in total. The second kappa shape index (κ2) is 6.13. The Balaban J connectivity index is 1.94. The second-order valence-corrected chi connectivity index (χ2v) is 7.36. The lowest BCUT2D eigenvalue weighted by Gasteiger charge is -2.27. The van der Waals surface area contributed by atoms with Gasteiger partial charge in [-0.15, -0.1) is 0 Å². The van der Waals surface area contributed by atoms with Crippen molar-refractivity contribution in [2.45, 2.75) is 53.6 Å². The third kappa shape index (κ3) is 3.95. The summed E-state index contributed by atoms with van der Waals surface area (Å²) in [5.41, 5.74) is 1.66. The number of hydrogen-bond donors (Lipinski definition) is 1. The molecule has 1 aliphatic heterocycles. The minimum atomic E-state index is 0.399. The first-order valence-corrected chi connectivity index (χ1v) is 7.79. The number of anilines is 1. The molecule has 0 aliphatic carbocycles. The maximum atomic E-state index is 4.64. The summed E-state index contributed by atoms with van der Waals surface area (Å²) in [7, 11) is 0. The Morgan fingerprint density at radius 3 is 2.60 bits per heavy atom. The molecule has 0 saturated carbocycles. The van der Waals surface area contributed by atoms with Crippen LogP contribution in [0.15, 0.2) is 18.3 Å². The first-order chi connectivity index (χ1) is 9.36. The summed E-state index contributed by atoms with van der Waals surface area (Å²) in [5, 5.41) is 3.42. The molecule has 0 radical (unpaired) electrons. The molecule has 20 heavy (non-hydrogen) atoms. The Morgan fingerprint density at radius 2 is 2.10 bits per heavy atom. The first-order valence-electron chi connectivity index (χ1n) is 7.79. The molecule has 2 heterocycles. The Morgan fingerprint density at radius 1 is 1.35 bits per heavy atom. The van der Waals surface area contributed by atoms with E-state index in [-0.39, 0.29) is 0 Å². The van der Waals surface area contributed by atoms with Crippen molar-refractivity contribution in [3.63, 3.8) is 0 Å². The van der Waals surface area contributed by atoms with Crippen LogP contribution in [0.1, 0.15) is 46.6 Å². The fourth-order valence-electron chi connectivity index (χ4n) is 2.71. The van der Waals surface area contributed by atoms with Crippen LogP contribution in [0.3, 0.4) is 0 Å². The highest BCUT2D eigenvalue weighted by molar-refractivity contribution is 5.40. The van der Waals surface area contributed by atoms with E-state index in [1.165, 1.54) is 12.0 Å². The standard InChI is InChI=1S/C17H29N3/c1-13(2)18-10-14-6-7-16(19-11-14)20-9-8-15(12-20)17(3,4)5/h6-7,11,13,15,18H,8-10,12H2,1-5H3. The fourth-order valence-corrected chi connectivity index (χ4v) is 2.71. The van der Waals surface area contributed by atoms with Gasteiger partial charge in [0.25, 0.3) is 0 Å². The molecule has 0 aromatic carbocycles. The van der Waals surface area contributed by atoms with Crippen LogP contribution in [0.2, 0.25) is 0 Å². The molecule has 0 bridgehead atoms. The molecule has 1 unspecified atom stereocenters. The quantitative estimate of drug-likeness (QED) is 0.912. The van der Waals surface area contributed by atoms with E-state index in [2.05, 4.69) is 62.0 Å². The van der Waals surface area contributed by atoms with E-state index in [0.717, 1.165) is 31.4 Å². The predicted octanol–water partition coefficient (Wildman–Crippen LogP) is 3.45. The molecule has 1 atom stereocenters. The highest BCUT2D eigenvalue weighted by Crippen LogP contribution is 2.34. The smallest absolute Gasteiger partial charge is 0.128 e. The van der Waals surface area contributed by atoms with Gasteiger partial charge in [-0.05, 0) is 29.4 Å². The fraction of sp³-hybridized carbons (Fsp3) is 0.706. The minimum Gasteiger partial charge on any atom is -0.356 e. The predicted molar refractivity (Wildman–Crippen MR) is 86.0 cm³/mol. The minimum absolute atomic E-state index is 0.399. The third-order valence-electron chi connectivity index (χ3n) is 4.26. The van der Waals surface area contributed by atoms with E-state index in [1.54, 1.807) is 0 Å². The van der Waals surface area contributed by atoms with Gasteiger partial charge in [-0.1, -0.05) is 40.7 Å². The van der Waals surface area contributed by atoms with Crippen LogP contribution in [-0.4, -0.2) is 24.1 Å². The van der Waals surface area contributed by atoms with Gasteiger partial charge in [0.1, 0.15) is 5.82 Å². The SMILES string of the molecule is CC(C)NCc1ccc(N2CCC(C(C)(C)C)C2)nc1. The molecule has 1 fully saturated rings. The van der Waals surface area contributed by atoms with Crippen molar-refractivity contribution in [1.29, 1.82) is 0 Å². The lowest BCUT2D eigenvalue weighted by molar-refractivity contribution is 0.263. The van der Waals surface area contributed by atoms with Crippen molar-refractivity contribution in [2.75, 3.05) is 18.0 Å². The normalized spacial score (nSPS) is 19.9. The monoisotopic (exact) mass is 275 g/mol. The van der Waals surface area contributed by atoms with Crippen LogP contribution in [0.5, 0.6) is 0 Å². The third-order valence-corrected chi connectivity index (χ3v) is 4.26. The summed E-state index contributed by atoms with van der Waals surface area (Å²) < 4.78 is 0. The Kier molecular flexibility index (Phi) is 4.69. The topological polar surface area (TPSA) is 28.2 Å². The van der Waals surface area contributed by atoms with Crippen LogP contribution in [-0.2, 0) is 6.54 Å². The summed E-state index contributed by atoms with van der Waals surface area (Å²) in [5.74, 6) is 1.90. The van der Waals surface area contributed by atoms with Crippen molar-refractivity contribution >= 4 is 5.82 Å². The van der Waals surface area contributed by atoms with Crippen molar-refractivity contribution in [3.05, 3.63) is 23.9 Å². The van der Waals surface area contributed by atoms with Crippen molar-refractivity contribution in [1.82, 2.24) is 10.3 Å². The summed E-state index contributed by atoms with van der Waals surface area (Å²) in [6.45, 7) is 14.5. The van der Waals surface area contributed by atoms with E-state index in [9.17, 15) is 0 Å². The average Bonchev–Trinajstić information content (AvgIpc) is 2.86. The number of rotatable bonds is 4. The highest BCUT2D eigenvalue weighted by atomic mass is 15.2. The number of aromatic nitrogens is 1. The van der Waals surface area contributed by atoms with Crippen LogP contribution >= 0.6 is 0 Å². The van der Waals surface area contributed by atoms with E-state index in [0.29, 0.717) is 11.5 Å². The maximum Gasteiger partial charge on any atom is 0.128 e. The average molecular weight is 275 g/mol. The number of nitrogens with one attached hydrogen (secondary N) is 1. The molecule has 1 saturated heterocycles. The van der Waals surface area contributed by atoms with Gasteiger partial charge in [-0.2, -0.15) is 0 Å². The van der Waals surface area contributed by atoms with Crippen molar-refractivity contribution in [3.8, 4) is 0 Å². The molecule has 112 valence electrons. The molecule has 0 spiro atoms. The zero-order chi connectivity index (χ0) is 14.8.